The summed E-state index contributed by atoms with van der Waals surface area (Å²) in [7, 11) is 0. The van der Waals surface area contributed by atoms with Crippen LogP contribution in [0.25, 0.3) is 0 Å². The molecule has 2 fully saturated rings. The largest absolute Gasteiger partial charge is 0.493 e. The third-order valence-electron chi connectivity index (χ3n) is 6.70. The molecule has 33 heavy (non-hydrogen) atoms. The first-order chi connectivity index (χ1) is 15.8. The van der Waals surface area contributed by atoms with Crippen LogP contribution in [0.1, 0.15) is 49.1 Å². The molecule has 1 aromatic heterocycles. The van der Waals surface area contributed by atoms with Gasteiger partial charge in [0.1, 0.15) is 18.1 Å². The summed E-state index contributed by atoms with van der Waals surface area (Å²) in [5, 5.41) is 11.5. The predicted octanol–water partition coefficient (Wildman–Crippen LogP) is 4.68. The Morgan fingerprint density at radius 1 is 1.21 bits per heavy atom. The lowest BCUT2D eigenvalue weighted by atomic mass is 9.97. The maximum Gasteiger partial charge on any atom is 0.417 e. The number of halogens is 3. The zero-order valence-corrected chi connectivity index (χ0v) is 18.3. The number of nitrogens with zero attached hydrogens (tertiary/aromatic N) is 3. The van der Waals surface area contributed by atoms with Crippen molar-refractivity contribution in [2.75, 3.05) is 13.2 Å². The summed E-state index contributed by atoms with van der Waals surface area (Å²) in [4.78, 5) is 10.4. The van der Waals surface area contributed by atoms with Crippen molar-refractivity contribution in [2.45, 2.75) is 57.2 Å². The Labute approximate surface area is 190 Å². The van der Waals surface area contributed by atoms with E-state index in [1.807, 2.05) is 30.2 Å². The molecule has 1 aromatic carbocycles. The van der Waals surface area contributed by atoms with Crippen molar-refractivity contribution >= 4 is 11.9 Å². The number of likely N-dealkylation sites (tertiary alicyclic amines) is 1. The number of hydrogen-bond donors (Lipinski definition) is 1. The van der Waals surface area contributed by atoms with E-state index in [9.17, 15) is 18.3 Å². The van der Waals surface area contributed by atoms with Crippen molar-refractivity contribution in [3.63, 3.8) is 0 Å². The van der Waals surface area contributed by atoms with Crippen LogP contribution in [-0.4, -0.2) is 46.5 Å². The van der Waals surface area contributed by atoms with Gasteiger partial charge >= 0.3 is 6.18 Å². The van der Waals surface area contributed by atoms with E-state index in [-0.39, 0.29) is 18.0 Å². The van der Waals surface area contributed by atoms with Crippen LogP contribution in [0, 0.1) is 5.92 Å². The molecule has 0 spiro atoms. The summed E-state index contributed by atoms with van der Waals surface area (Å²) >= 11 is 0. The van der Waals surface area contributed by atoms with Crippen LogP contribution >= 0.6 is 0 Å². The minimum atomic E-state index is -4.44. The monoisotopic (exact) mass is 461 g/mol. The molecule has 5 rings (SSSR count). The molecule has 3 aliphatic rings. The third kappa shape index (κ3) is 4.19. The Morgan fingerprint density at radius 3 is 2.76 bits per heavy atom. The Balaban J connectivity index is 1.38. The van der Waals surface area contributed by atoms with Crippen LogP contribution in [0.3, 0.4) is 0 Å². The van der Waals surface area contributed by atoms with Gasteiger partial charge in [0.05, 0.1) is 23.4 Å². The minimum Gasteiger partial charge on any atom is -0.493 e. The highest BCUT2D eigenvalue weighted by Gasteiger charge is 2.49. The normalized spacial score (nSPS) is 25.2. The number of alkyl halides is 3. The standard InChI is InChI=1S/C24H26F3N3O3/c1-2-32-18-7-5-15-4-3-9-28-22(15)21(18)23(31)30-13-14-10-17(30)19(11-14)33-20-8-6-16(12-29-20)24(25,26)27/h5-9,12,14,17,19,23,31H,2-4,10-11,13H2,1H3. The number of rotatable bonds is 6. The summed E-state index contributed by atoms with van der Waals surface area (Å²) in [5.41, 5.74) is 1.72. The molecular formula is C24H26F3N3O3. The molecule has 2 aromatic rings. The summed E-state index contributed by atoms with van der Waals surface area (Å²) in [6.07, 6.45) is 0.395. The van der Waals surface area contributed by atoms with E-state index in [0.29, 0.717) is 30.4 Å². The van der Waals surface area contributed by atoms with E-state index in [0.717, 1.165) is 49.2 Å². The maximum absolute atomic E-state index is 12.8. The van der Waals surface area contributed by atoms with Crippen LogP contribution in [-0.2, 0) is 12.6 Å². The highest BCUT2D eigenvalue weighted by Crippen LogP contribution is 2.47. The number of piperidine rings is 1. The average Bonchev–Trinajstić information content (AvgIpc) is 3.39. The molecule has 0 radical (unpaired) electrons. The third-order valence-corrected chi connectivity index (χ3v) is 6.70. The molecule has 1 saturated carbocycles. The molecule has 1 aliphatic carbocycles. The first kappa shape index (κ1) is 22.2. The zero-order chi connectivity index (χ0) is 23.2. The van der Waals surface area contributed by atoms with Crippen molar-refractivity contribution in [3.05, 3.63) is 47.2 Å². The number of aliphatic imine (C=N–C) groups is 1. The van der Waals surface area contributed by atoms with E-state index < -0.39 is 18.0 Å². The molecule has 9 heteroatoms. The highest BCUT2D eigenvalue weighted by molar-refractivity contribution is 5.73. The van der Waals surface area contributed by atoms with Crippen molar-refractivity contribution in [1.29, 1.82) is 0 Å². The fraction of sp³-hybridized carbons (Fsp3) is 0.500. The van der Waals surface area contributed by atoms with Gasteiger partial charge in [0.25, 0.3) is 0 Å². The molecule has 4 atom stereocenters. The van der Waals surface area contributed by atoms with Crippen LogP contribution in [0.5, 0.6) is 11.6 Å². The van der Waals surface area contributed by atoms with Crippen LogP contribution in [0.15, 0.2) is 35.5 Å². The van der Waals surface area contributed by atoms with Crippen molar-refractivity contribution < 1.29 is 27.8 Å². The van der Waals surface area contributed by atoms with Gasteiger partial charge in [0, 0.05) is 31.1 Å². The summed E-state index contributed by atoms with van der Waals surface area (Å²) in [6.45, 7) is 3.09. The molecule has 6 nitrogen and oxygen atoms in total. The lowest BCUT2D eigenvalue weighted by molar-refractivity contribution is -0.137. The van der Waals surface area contributed by atoms with E-state index in [1.54, 1.807) is 0 Å². The number of aromatic nitrogens is 1. The second-order valence-electron chi connectivity index (χ2n) is 8.78. The van der Waals surface area contributed by atoms with Gasteiger partial charge in [-0.2, -0.15) is 13.2 Å². The molecule has 1 N–H and O–H groups in total. The van der Waals surface area contributed by atoms with E-state index in [1.165, 1.54) is 6.07 Å². The molecular weight excluding hydrogens is 435 g/mol. The first-order valence-electron chi connectivity index (χ1n) is 11.3. The summed E-state index contributed by atoms with van der Waals surface area (Å²) < 4.78 is 50.3. The van der Waals surface area contributed by atoms with Gasteiger partial charge in [-0.1, -0.05) is 6.07 Å². The number of pyridine rings is 1. The number of ether oxygens (including phenoxy) is 2. The number of aliphatic hydroxyl groups is 1. The zero-order valence-electron chi connectivity index (χ0n) is 18.3. The predicted molar refractivity (Wildman–Crippen MR) is 116 cm³/mol. The van der Waals surface area contributed by atoms with Gasteiger partial charge in [-0.05, 0) is 56.2 Å². The van der Waals surface area contributed by atoms with Crippen LogP contribution in [0.4, 0.5) is 18.9 Å². The Kier molecular flexibility index (Phi) is 5.78. The number of benzene rings is 1. The molecule has 1 saturated heterocycles. The van der Waals surface area contributed by atoms with Crippen LogP contribution in [0.2, 0.25) is 0 Å². The van der Waals surface area contributed by atoms with Crippen molar-refractivity contribution in [2.24, 2.45) is 10.9 Å². The smallest absolute Gasteiger partial charge is 0.417 e. The van der Waals surface area contributed by atoms with E-state index in [2.05, 4.69) is 9.98 Å². The van der Waals surface area contributed by atoms with Gasteiger partial charge in [-0.25, -0.2) is 4.98 Å². The maximum atomic E-state index is 12.8. The number of hydrogen-bond acceptors (Lipinski definition) is 6. The van der Waals surface area contributed by atoms with E-state index >= 15 is 0 Å². The van der Waals surface area contributed by atoms with Gasteiger partial charge in [-0.15, -0.1) is 0 Å². The summed E-state index contributed by atoms with van der Waals surface area (Å²) in [6, 6.07) is 6.06. The fourth-order valence-electron chi connectivity index (χ4n) is 5.25. The fourth-order valence-corrected chi connectivity index (χ4v) is 5.25. The van der Waals surface area contributed by atoms with E-state index in [4.69, 9.17) is 9.47 Å². The lowest BCUT2D eigenvalue weighted by Gasteiger charge is -2.37. The second kappa shape index (κ2) is 8.61. The molecule has 0 amide bonds. The number of aliphatic hydroxyl groups excluding tert-OH is 1. The quantitative estimate of drug-likeness (QED) is 0.677. The van der Waals surface area contributed by atoms with Gasteiger partial charge < -0.3 is 14.6 Å². The van der Waals surface area contributed by atoms with Gasteiger partial charge in [0.2, 0.25) is 5.88 Å². The van der Waals surface area contributed by atoms with Gasteiger partial charge in [-0.3, -0.25) is 9.89 Å². The lowest BCUT2D eigenvalue weighted by Crippen LogP contribution is -2.45. The van der Waals surface area contributed by atoms with Crippen LogP contribution < -0.4 is 9.47 Å². The topological polar surface area (TPSA) is 67.2 Å². The number of fused-ring (bicyclic) bond motifs is 3. The molecule has 4 unspecified atom stereocenters. The summed E-state index contributed by atoms with van der Waals surface area (Å²) in [5.74, 6) is 1.11. The average molecular weight is 461 g/mol. The van der Waals surface area contributed by atoms with Crippen molar-refractivity contribution in [3.8, 4) is 11.6 Å². The molecule has 3 heterocycles. The number of aryl methyl sites for hydroxylation is 1. The first-order valence-corrected chi connectivity index (χ1v) is 11.3. The molecule has 176 valence electrons. The highest BCUT2D eigenvalue weighted by atomic mass is 19.4. The Morgan fingerprint density at radius 2 is 2.06 bits per heavy atom. The molecule has 2 aliphatic heterocycles. The minimum absolute atomic E-state index is 0.0769. The van der Waals surface area contributed by atoms with Crippen molar-refractivity contribution in [1.82, 2.24) is 9.88 Å². The Bertz CT molecular complexity index is 1040. The SMILES string of the molecule is CCOc1ccc2c(c1C(O)N1CC3CC(Oc4ccc(C(F)(F)F)cn4)C1C3)N=CCC2. The Hall–Kier alpha value is -2.65. The molecule has 2 bridgehead atoms. The second-order valence-corrected chi connectivity index (χ2v) is 8.78. The van der Waals surface area contributed by atoms with Gasteiger partial charge in [0.15, 0.2) is 0 Å².